The molecule has 42 heavy (non-hydrogen) atoms. The van der Waals surface area contributed by atoms with Crippen molar-refractivity contribution in [3.8, 4) is 11.5 Å². The first-order chi connectivity index (χ1) is 19.3. The molecule has 0 saturated heterocycles. The molecule has 238 valence electrons. The van der Waals surface area contributed by atoms with Crippen molar-refractivity contribution in [2.75, 3.05) is 27.2 Å². The van der Waals surface area contributed by atoms with E-state index in [-0.39, 0.29) is 21.7 Å². The minimum absolute atomic E-state index is 0.00839. The summed E-state index contributed by atoms with van der Waals surface area (Å²) in [5, 5.41) is 23.5. The van der Waals surface area contributed by atoms with Gasteiger partial charge in [-0.25, -0.2) is 0 Å². The molecular formula is C38H64N2O2. The van der Waals surface area contributed by atoms with Gasteiger partial charge in [-0.15, -0.1) is 0 Å². The van der Waals surface area contributed by atoms with Crippen LogP contribution in [0.4, 0.5) is 0 Å². The molecule has 0 bridgehead atoms. The third kappa shape index (κ3) is 8.32. The Morgan fingerprint density at radius 2 is 0.857 bits per heavy atom. The van der Waals surface area contributed by atoms with Gasteiger partial charge in [0.15, 0.2) is 0 Å². The molecule has 0 atom stereocenters. The van der Waals surface area contributed by atoms with Gasteiger partial charge >= 0.3 is 0 Å². The lowest BCUT2D eigenvalue weighted by atomic mass is 9.75. The number of phenols is 2. The maximum Gasteiger partial charge on any atom is 0.123 e. The van der Waals surface area contributed by atoms with Crippen molar-refractivity contribution in [3.63, 3.8) is 0 Å². The van der Waals surface area contributed by atoms with Gasteiger partial charge in [0.25, 0.3) is 0 Å². The molecule has 0 amide bonds. The average Bonchev–Trinajstić information content (AvgIpc) is 2.93. The summed E-state index contributed by atoms with van der Waals surface area (Å²) in [4.78, 5) is 4.61. The highest BCUT2D eigenvalue weighted by molar-refractivity contribution is 5.51. The number of nitrogens with zero attached hydrogens (tertiary/aromatic N) is 2. The molecule has 0 radical (unpaired) electrons. The number of likely N-dealkylation sites (N-methyl/N-ethyl adjacent to an activating group) is 1. The molecule has 0 unspecified atom stereocenters. The average molecular weight is 581 g/mol. The molecule has 2 aromatic carbocycles. The summed E-state index contributed by atoms with van der Waals surface area (Å²) in [6, 6.07) is 8.96. The molecule has 4 nitrogen and oxygen atoms in total. The van der Waals surface area contributed by atoms with E-state index < -0.39 is 0 Å². The molecule has 0 aromatic heterocycles. The Morgan fingerprint density at radius 3 is 1.14 bits per heavy atom. The fraction of sp³-hybridized carbons (Fsp3) is 0.684. The molecule has 2 aromatic rings. The van der Waals surface area contributed by atoms with Crippen LogP contribution in [-0.4, -0.2) is 47.2 Å². The predicted octanol–water partition coefficient (Wildman–Crippen LogP) is 9.41. The summed E-state index contributed by atoms with van der Waals surface area (Å²) in [5.74, 6) is 0.843. The van der Waals surface area contributed by atoms with E-state index in [1.165, 1.54) is 11.1 Å². The summed E-state index contributed by atoms with van der Waals surface area (Å²) in [6.07, 6.45) is 3.95. The first-order valence-electron chi connectivity index (χ1n) is 16.4. The first kappa shape index (κ1) is 36.2. The zero-order chi connectivity index (χ0) is 32.3. The third-order valence-corrected chi connectivity index (χ3v) is 10.6. The second-order valence-corrected chi connectivity index (χ2v) is 15.5. The summed E-state index contributed by atoms with van der Waals surface area (Å²) in [6.45, 7) is 29.9. The molecule has 0 fully saturated rings. The zero-order valence-electron chi connectivity index (χ0n) is 29.8. The number of phenolic OH excluding ortho intramolecular Hbond substituents is 2. The van der Waals surface area contributed by atoms with Crippen molar-refractivity contribution in [1.29, 1.82) is 0 Å². The van der Waals surface area contributed by atoms with Crippen molar-refractivity contribution in [2.24, 2.45) is 0 Å². The molecule has 2 rings (SSSR count). The number of rotatable bonds is 15. The van der Waals surface area contributed by atoms with Gasteiger partial charge in [-0.1, -0.05) is 107 Å². The van der Waals surface area contributed by atoms with Crippen molar-refractivity contribution in [1.82, 2.24) is 9.80 Å². The van der Waals surface area contributed by atoms with Gasteiger partial charge in [-0.05, 0) is 72.6 Å². The van der Waals surface area contributed by atoms with Gasteiger partial charge in [0, 0.05) is 48.4 Å². The van der Waals surface area contributed by atoms with Crippen LogP contribution < -0.4 is 0 Å². The molecule has 0 saturated carbocycles. The van der Waals surface area contributed by atoms with Crippen LogP contribution in [0.5, 0.6) is 11.5 Å². The Balaban J connectivity index is 2.74. The Kier molecular flexibility index (Phi) is 11.8. The normalized spacial score (nSPS) is 13.4. The van der Waals surface area contributed by atoms with Gasteiger partial charge in [-0.3, -0.25) is 4.90 Å². The fourth-order valence-electron chi connectivity index (χ4n) is 5.27. The number of hydrogen-bond acceptors (Lipinski definition) is 4. The standard InChI is InChI=1S/C38H64N2O2/c1-15-35(5,6)29-21-27(33(41)31(23-29)37(9,10)17-3)25-40(20-19-39(13)14)26-28-22-30(36(7,8)16-2)24-32(34(28)42)38(11,12)18-4/h21-24,41-42H,15-20,25-26H2,1-14H3. The Morgan fingerprint density at radius 1 is 0.524 bits per heavy atom. The molecule has 0 aliphatic rings. The van der Waals surface area contributed by atoms with E-state index >= 15 is 0 Å². The van der Waals surface area contributed by atoms with E-state index in [0.717, 1.165) is 61.0 Å². The number of aromatic hydroxyl groups is 2. The third-order valence-electron chi connectivity index (χ3n) is 10.6. The highest BCUT2D eigenvalue weighted by atomic mass is 16.3. The number of benzene rings is 2. The molecular weight excluding hydrogens is 516 g/mol. The number of hydrogen-bond donors (Lipinski definition) is 2. The highest BCUT2D eigenvalue weighted by Crippen LogP contribution is 2.43. The molecule has 2 N–H and O–H groups in total. The Labute approximate surface area is 259 Å². The highest BCUT2D eigenvalue weighted by Gasteiger charge is 2.31. The predicted molar refractivity (Wildman–Crippen MR) is 182 cm³/mol. The molecule has 0 aliphatic heterocycles. The minimum atomic E-state index is -0.133. The van der Waals surface area contributed by atoms with Gasteiger partial charge in [0.2, 0.25) is 0 Å². The zero-order valence-corrected chi connectivity index (χ0v) is 29.8. The summed E-state index contributed by atoms with van der Waals surface area (Å²) < 4.78 is 0. The van der Waals surface area contributed by atoms with Crippen LogP contribution in [0, 0.1) is 0 Å². The van der Waals surface area contributed by atoms with E-state index in [2.05, 4.69) is 131 Å². The fourth-order valence-corrected chi connectivity index (χ4v) is 5.27. The van der Waals surface area contributed by atoms with Gasteiger partial charge < -0.3 is 15.1 Å². The maximum absolute atomic E-state index is 11.7. The van der Waals surface area contributed by atoms with Gasteiger partial charge in [0.1, 0.15) is 11.5 Å². The van der Waals surface area contributed by atoms with Crippen LogP contribution in [0.15, 0.2) is 24.3 Å². The molecule has 0 aliphatic carbocycles. The largest absolute Gasteiger partial charge is 0.507 e. The smallest absolute Gasteiger partial charge is 0.123 e. The topological polar surface area (TPSA) is 46.9 Å². The molecule has 0 spiro atoms. The summed E-state index contributed by atoms with van der Waals surface area (Å²) in [7, 11) is 4.21. The lowest BCUT2D eigenvalue weighted by Crippen LogP contribution is -2.32. The van der Waals surface area contributed by atoms with Crippen molar-refractivity contribution >= 4 is 0 Å². The van der Waals surface area contributed by atoms with Crippen LogP contribution in [0.1, 0.15) is 142 Å². The van der Waals surface area contributed by atoms with E-state index in [9.17, 15) is 10.2 Å². The second kappa shape index (κ2) is 13.7. The summed E-state index contributed by atoms with van der Waals surface area (Å²) >= 11 is 0. The maximum atomic E-state index is 11.7. The lowest BCUT2D eigenvalue weighted by Gasteiger charge is -2.33. The SMILES string of the molecule is CCC(C)(C)c1cc(CN(CCN(C)C)Cc2cc(C(C)(C)CC)cc(C(C)(C)CC)c2O)c(O)c(C(C)(C)CC)c1. The Hall–Kier alpha value is -2.04. The monoisotopic (exact) mass is 580 g/mol. The van der Waals surface area contributed by atoms with Gasteiger partial charge in [0.05, 0.1) is 0 Å². The van der Waals surface area contributed by atoms with Crippen molar-refractivity contribution < 1.29 is 10.2 Å². The van der Waals surface area contributed by atoms with E-state index in [1.807, 2.05) is 0 Å². The molecule has 0 heterocycles. The van der Waals surface area contributed by atoms with Crippen LogP contribution in [0.3, 0.4) is 0 Å². The first-order valence-corrected chi connectivity index (χ1v) is 16.4. The van der Waals surface area contributed by atoms with E-state index in [4.69, 9.17) is 0 Å². The second-order valence-electron chi connectivity index (χ2n) is 15.5. The van der Waals surface area contributed by atoms with E-state index in [1.54, 1.807) is 0 Å². The van der Waals surface area contributed by atoms with Gasteiger partial charge in [-0.2, -0.15) is 0 Å². The quantitative estimate of drug-likeness (QED) is 0.220. The van der Waals surface area contributed by atoms with Crippen LogP contribution in [0.25, 0.3) is 0 Å². The summed E-state index contributed by atoms with van der Waals surface area (Å²) in [5.41, 5.74) is 6.33. The van der Waals surface area contributed by atoms with Crippen LogP contribution in [-0.2, 0) is 34.7 Å². The van der Waals surface area contributed by atoms with Crippen molar-refractivity contribution in [2.45, 2.75) is 144 Å². The Bertz CT molecular complexity index is 1100. The van der Waals surface area contributed by atoms with E-state index in [0.29, 0.717) is 24.6 Å². The molecule has 4 heteroatoms. The van der Waals surface area contributed by atoms with Crippen LogP contribution >= 0.6 is 0 Å². The van der Waals surface area contributed by atoms with Crippen molar-refractivity contribution in [3.05, 3.63) is 57.6 Å². The lowest BCUT2D eigenvalue weighted by molar-refractivity contribution is 0.220. The minimum Gasteiger partial charge on any atom is -0.507 e. The van der Waals surface area contributed by atoms with Crippen LogP contribution in [0.2, 0.25) is 0 Å².